The summed E-state index contributed by atoms with van der Waals surface area (Å²) in [6.45, 7) is 8.63. The van der Waals surface area contributed by atoms with Gasteiger partial charge >= 0.3 is 5.97 Å². The van der Waals surface area contributed by atoms with Crippen molar-refractivity contribution in [3.8, 4) is 0 Å². The predicted molar refractivity (Wildman–Crippen MR) is 72.9 cm³/mol. The fourth-order valence-corrected chi connectivity index (χ4v) is 2.17. The summed E-state index contributed by atoms with van der Waals surface area (Å²) in [7, 11) is 2.86. The zero-order chi connectivity index (χ0) is 15.7. The summed E-state index contributed by atoms with van der Waals surface area (Å²) < 4.78 is 16.0. The normalized spacial score (nSPS) is 24.6. The van der Waals surface area contributed by atoms with Crippen LogP contribution in [0, 0.1) is 0 Å². The number of ether oxygens (including phenoxy) is 3. The van der Waals surface area contributed by atoms with Crippen LogP contribution >= 0.6 is 0 Å². The summed E-state index contributed by atoms with van der Waals surface area (Å²) in [5.41, 5.74) is -1.46. The minimum absolute atomic E-state index is 0.364. The second-order valence-corrected chi connectivity index (χ2v) is 5.76. The van der Waals surface area contributed by atoms with Crippen molar-refractivity contribution < 1.29 is 23.8 Å². The van der Waals surface area contributed by atoms with Gasteiger partial charge in [-0.15, -0.1) is 0 Å². The number of methoxy groups -OCH3 is 2. The third kappa shape index (κ3) is 2.86. The van der Waals surface area contributed by atoms with Gasteiger partial charge in [0.2, 0.25) is 5.91 Å². The van der Waals surface area contributed by atoms with Crippen molar-refractivity contribution in [2.24, 2.45) is 0 Å². The Morgan fingerprint density at radius 2 is 1.85 bits per heavy atom. The van der Waals surface area contributed by atoms with Gasteiger partial charge < -0.3 is 19.5 Å². The van der Waals surface area contributed by atoms with Crippen LogP contribution in [0.15, 0.2) is 11.1 Å². The Hall–Kier alpha value is -1.40. The number of hydrogen-bond donors (Lipinski definition) is 1. The van der Waals surface area contributed by atoms with Crippen LogP contribution in [-0.4, -0.2) is 43.5 Å². The van der Waals surface area contributed by atoms with Gasteiger partial charge in [0.05, 0.1) is 6.10 Å². The van der Waals surface area contributed by atoms with Crippen molar-refractivity contribution in [2.45, 2.75) is 52.0 Å². The molecule has 114 valence electrons. The summed E-state index contributed by atoms with van der Waals surface area (Å²) in [6.07, 6.45) is -0.457. The van der Waals surface area contributed by atoms with Crippen LogP contribution in [0.1, 0.15) is 34.6 Å². The van der Waals surface area contributed by atoms with E-state index in [1.165, 1.54) is 14.2 Å². The van der Waals surface area contributed by atoms with Crippen LogP contribution < -0.4 is 5.32 Å². The van der Waals surface area contributed by atoms with E-state index < -0.39 is 23.4 Å². The SMILES string of the molecule is COC(C)C1=C(C)C(=O)NC1(OC)C(=O)OC(C)(C)C. The maximum Gasteiger partial charge on any atom is 0.365 e. The highest BCUT2D eigenvalue weighted by Gasteiger charge is 2.54. The Morgan fingerprint density at radius 3 is 2.25 bits per heavy atom. The molecule has 0 spiro atoms. The average molecular weight is 285 g/mol. The molecule has 0 aliphatic carbocycles. The maximum absolute atomic E-state index is 12.5. The average Bonchev–Trinajstić information content (AvgIpc) is 2.60. The lowest BCUT2D eigenvalue weighted by atomic mass is 9.96. The largest absolute Gasteiger partial charge is 0.456 e. The van der Waals surface area contributed by atoms with Crippen LogP contribution in [0.5, 0.6) is 0 Å². The molecule has 1 N–H and O–H groups in total. The minimum Gasteiger partial charge on any atom is -0.456 e. The molecule has 0 radical (unpaired) electrons. The van der Waals surface area contributed by atoms with E-state index in [0.717, 1.165) is 0 Å². The van der Waals surface area contributed by atoms with Gasteiger partial charge in [-0.25, -0.2) is 4.79 Å². The number of carbonyl (C=O) groups is 2. The van der Waals surface area contributed by atoms with E-state index in [2.05, 4.69) is 5.32 Å². The lowest BCUT2D eigenvalue weighted by Gasteiger charge is -2.33. The first-order valence-corrected chi connectivity index (χ1v) is 6.44. The summed E-state index contributed by atoms with van der Waals surface area (Å²) in [5.74, 6) is -1.02. The molecule has 1 amide bonds. The molecule has 0 saturated heterocycles. The Morgan fingerprint density at radius 1 is 1.30 bits per heavy atom. The van der Waals surface area contributed by atoms with Crippen LogP contribution in [-0.2, 0) is 23.8 Å². The van der Waals surface area contributed by atoms with Crippen LogP contribution in [0.25, 0.3) is 0 Å². The van der Waals surface area contributed by atoms with Crippen LogP contribution in [0.4, 0.5) is 0 Å². The topological polar surface area (TPSA) is 73.9 Å². The molecule has 1 aliphatic heterocycles. The van der Waals surface area contributed by atoms with E-state index in [-0.39, 0.29) is 5.91 Å². The standard InChI is InChI=1S/C14H23NO5/c1-8-10(9(2)18-6)14(19-7,15-11(8)16)12(17)20-13(3,4)5/h9H,1-7H3,(H,15,16). The van der Waals surface area contributed by atoms with Crippen molar-refractivity contribution in [3.05, 3.63) is 11.1 Å². The van der Waals surface area contributed by atoms with Gasteiger partial charge in [0.25, 0.3) is 5.72 Å². The van der Waals surface area contributed by atoms with E-state index in [1.54, 1.807) is 34.6 Å². The first-order chi connectivity index (χ1) is 9.09. The fraction of sp³-hybridized carbons (Fsp3) is 0.714. The number of amides is 1. The third-order valence-corrected chi connectivity index (χ3v) is 3.17. The Balaban J connectivity index is 3.28. The minimum atomic E-state index is -1.62. The molecule has 1 aliphatic rings. The number of hydrogen-bond acceptors (Lipinski definition) is 5. The molecule has 0 aromatic rings. The summed E-state index contributed by atoms with van der Waals surface area (Å²) in [5, 5.41) is 2.56. The van der Waals surface area contributed by atoms with Gasteiger partial charge in [-0.2, -0.15) is 0 Å². The van der Waals surface area contributed by atoms with Gasteiger partial charge in [-0.1, -0.05) is 0 Å². The molecular weight excluding hydrogens is 262 g/mol. The number of carbonyl (C=O) groups excluding carboxylic acids is 2. The molecule has 1 heterocycles. The summed E-state index contributed by atoms with van der Waals surface area (Å²) in [6, 6.07) is 0. The molecule has 2 atom stereocenters. The second kappa shape index (κ2) is 5.54. The van der Waals surface area contributed by atoms with Crippen LogP contribution in [0.2, 0.25) is 0 Å². The number of rotatable bonds is 4. The predicted octanol–water partition coefficient (Wildman–Crippen LogP) is 1.15. The van der Waals surface area contributed by atoms with Gasteiger partial charge in [-0.05, 0) is 34.6 Å². The Labute approximate surface area is 119 Å². The molecule has 6 nitrogen and oxygen atoms in total. The van der Waals surface area contributed by atoms with Gasteiger partial charge in [0.1, 0.15) is 5.60 Å². The van der Waals surface area contributed by atoms with Gasteiger partial charge in [0, 0.05) is 25.4 Å². The molecule has 6 heteroatoms. The van der Waals surface area contributed by atoms with Crippen molar-refractivity contribution in [1.29, 1.82) is 0 Å². The van der Waals surface area contributed by atoms with Gasteiger partial charge in [-0.3, -0.25) is 4.79 Å². The molecule has 20 heavy (non-hydrogen) atoms. The zero-order valence-corrected chi connectivity index (χ0v) is 13.1. The summed E-state index contributed by atoms with van der Waals surface area (Å²) in [4.78, 5) is 24.4. The van der Waals surface area contributed by atoms with Crippen molar-refractivity contribution >= 4 is 11.9 Å². The highest BCUT2D eigenvalue weighted by Crippen LogP contribution is 2.34. The van der Waals surface area contributed by atoms with Crippen molar-refractivity contribution in [2.75, 3.05) is 14.2 Å². The molecular formula is C14H23NO5. The zero-order valence-electron chi connectivity index (χ0n) is 13.1. The lowest BCUT2D eigenvalue weighted by molar-refractivity contribution is -0.181. The van der Waals surface area contributed by atoms with Crippen molar-refractivity contribution in [3.63, 3.8) is 0 Å². The fourth-order valence-electron chi connectivity index (χ4n) is 2.17. The third-order valence-electron chi connectivity index (χ3n) is 3.17. The van der Waals surface area contributed by atoms with E-state index in [4.69, 9.17) is 14.2 Å². The summed E-state index contributed by atoms with van der Waals surface area (Å²) >= 11 is 0. The first-order valence-electron chi connectivity index (χ1n) is 6.44. The second-order valence-electron chi connectivity index (χ2n) is 5.76. The molecule has 0 aromatic carbocycles. The molecule has 2 unspecified atom stereocenters. The van der Waals surface area contributed by atoms with E-state index in [9.17, 15) is 9.59 Å². The Bertz CT molecular complexity index is 449. The van der Waals surface area contributed by atoms with E-state index in [0.29, 0.717) is 11.1 Å². The quantitative estimate of drug-likeness (QED) is 0.784. The lowest BCUT2D eigenvalue weighted by Crippen LogP contribution is -2.57. The maximum atomic E-state index is 12.5. The highest BCUT2D eigenvalue weighted by atomic mass is 16.6. The van der Waals surface area contributed by atoms with Gasteiger partial charge in [0.15, 0.2) is 0 Å². The van der Waals surface area contributed by atoms with E-state index in [1.807, 2.05) is 0 Å². The number of esters is 1. The molecule has 0 bridgehead atoms. The smallest absolute Gasteiger partial charge is 0.365 e. The van der Waals surface area contributed by atoms with Crippen LogP contribution in [0.3, 0.4) is 0 Å². The monoisotopic (exact) mass is 285 g/mol. The Kier molecular flexibility index (Phi) is 4.61. The number of nitrogens with one attached hydrogen (secondary N) is 1. The molecule has 0 saturated carbocycles. The van der Waals surface area contributed by atoms with E-state index >= 15 is 0 Å². The first kappa shape index (κ1) is 16.7. The molecule has 0 fully saturated rings. The van der Waals surface area contributed by atoms with Crippen molar-refractivity contribution in [1.82, 2.24) is 5.32 Å². The molecule has 0 aromatic heterocycles. The molecule has 1 rings (SSSR count). The highest BCUT2D eigenvalue weighted by molar-refractivity contribution is 6.04.